The number of hydrogen-bond donors (Lipinski definition) is 0. The van der Waals surface area contributed by atoms with Gasteiger partial charge < -0.3 is 0 Å². The third kappa shape index (κ3) is 1.42. The van der Waals surface area contributed by atoms with Gasteiger partial charge in [0.15, 0.2) is 9.84 Å². The fourth-order valence-electron chi connectivity index (χ4n) is 5.27. The van der Waals surface area contributed by atoms with Crippen molar-refractivity contribution in [3.63, 3.8) is 0 Å². The number of hydroxylamine groups is 2. The van der Waals surface area contributed by atoms with Crippen LogP contribution in [0.25, 0.3) is 0 Å². The van der Waals surface area contributed by atoms with Crippen molar-refractivity contribution >= 4 is 9.84 Å². The average Bonchev–Trinajstić information content (AvgIpc) is 2.77. The Bertz CT molecular complexity index is 772. The lowest BCUT2D eigenvalue weighted by atomic mass is 9.58. The second-order valence-electron chi connectivity index (χ2n) is 6.87. The zero-order valence-corrected chi connectivity index (χ0v) is 13.1. The Balaban J connectivity index is 1.77. The van der Waals surface area contributed by atoms with E-state index < -0.39 is 9.84 Å². The Kier molecular flexibility index (Phi) is 2.55. The van der Waals surface area contributed by atoms with Crippen molar-refractivity contribution in [2.75, 3.05) is 18.9 Å². The normalized spacial score (nSPS) is 44.0. The molecule has 4 bridgehead atoms. The zero-order valence-electron chi connectivity index (χ0n) is 12.3. The second kappa shape index (κ2) is 4.22. The number of sulfone groups is 1. The first-order valence-corrected chi connectivity index (χ1v) is 9.72. The fraction of sp³-hybridized carbons (Fsp3) is 0.529. The van der Waals surface area contributed by atoms with Gasteiger partial charge in [-0.25, -0.2) is 8.42 Å². The summed E-state index contributed by atoms with van der Waals surface area (Å²) in [7, 11) is -3.09. The third-order valence-electron chi connectivity index (χ3n) is 6.10. The molecule has 0 amide bonds. The molecule has 1 aromatic carbocycles. The molecule has 4 nitrogen and oxygen atoms in total. The van der Waals surface area contributed by atoms with Crippen LogP contribution in [-0.4, -0.2) is 43.2 Å². The van der Waals surface area contributed by atoms with Crippen molar-refractivity contribution in [2.45, 2.75) is 29.5 Å². The summed E-state index contributed by atoms with van der Waals surface area (Å²) in [5, 5.41) is 1.65. The molecule has 2 heterocycles. The standard InChI is InChI=1S/C17H19NO3S/c19-22(20)9-8-18-17(16(22)11-21-18)13-5-3-7-15(17)14-6-2-1-4-12(14)10-13/h1-6,13,15-16H,7-11H2/t13-,15+,16+,17+/m1/s1. The van der Waals surface area contributed by atoms with Crippen LogP contribution in [0.2, 0.25) is 0 Å². The Morgan fingerprint density at radius 3 is 3.05 bits per heavy atom. The van der Waals surface area contributed by atoms with Crippen LogP contribution < -0.4 is 0 Å². The minimum Gasteiger partial charge on any atom is -0.297 e. The monoisotopic (exact) mass is 317 g/mol. The number of fused-ring (bicyclic) bond motifs is 2. The second-order valence-corrected chi connectivity index (χ2v) is 9.17. The molecule has 1 aromatic rings. The molecule has 0 aromatic heterocycles. The maximum atomic E-state index is 12.7. The van der Waals surface area contributed by atoms with E-state index >= 15 is 0 Å². The van der Waals surface area contributed by atoms with Gasteiger partial charge in [-0.3, -0.25) is 4.84 Å². The summed E-state index contributed by atoms with van der Waals surface area (Å²) >= 11 is 0. The molecule has 2 aliphatic heterocycles. The predicted molar refractivity (Wildman–Crippen MR) is 83.1 cm³/mol. The van der Waals surface area contributed by atoms with E-state index in [0.29, 0.717) is 13.2 Å². The van der Waals surface area contributed by atoms with Crippen LogP contribution >= 0.6 is 0 Å². The Hall–Kier alpha value is -1.17. The van der Waals surface area contributed by atoms with Crippen LogP contribution in [0.3, 0.4) is 0 Å². The van der Waals surface area contributed by atoms with Gasteiger partial charge in [0.05, 0.1) is 17.9 Å². The molecule has 1 unspecified atom stereocenters. The van der Waals surface area contributed by atoms with Gasteiger partial charge in [-0.05, 0) is 24.0 Å². The zero-order chi connectivity index (χ0) is 14.9. The van der Waals surface area contributed by atoms with E-state index in [-0.39, 0.29) is 28.4 Å². The van der Waals surface area contributed by atoms with Crippen LogP contribution in [0.15, 0.2) is 36.4 Å². The molecule has 116 valence electrons. The molecule has 0 radical (unpaired) electrons. The molecule has 5 atom stereocenters. The maximum absolute atomic E-state index is 12.7. The molecule has 0 saturated carbocycles. The third-order valence-corrected chi connectivity index (χ3v) is 8.24. The highest BCUT2D eigenvalue weighted by atomic mass is 32.2. The van der Waals surface area contributed by atoms with Gasteiger partial charge in [0, 0.05) is 18.4 Å². The molecule has 0 N–H and O–H groups in total. The fourth-order valence-corrected chi connectivity index (χ4v) is 7.28. The van der Waals surface area contributed by atoms with Crippen molar-refractivity contribution in [1.29, 1.82) is 0 Å². The van der Waals surface area contributed by atoms with Gasteiger partial charge in [0.25, 0.3) is 0 Å². The highest BCUT2D eigenvalue weighted by Gasteiger charge is 2.67. The number of benzene rings is 1. The molecule has 22 heavy (non-hydrogen) atoms. The van der Waals surface area contributed by atoms with Gasteiger partial charge in [-0.15, -0.1) is 0 Å². The first-order valence-electron chi connectivity index (χ1n) is 8.00. The summed E-state index contributed by atoms with van der Waals surface area (Å²) in [6.45, 7) is 0.827. The Morgan fingerprint density at radius 2 is 2.14 bits per heavy atom. The number of hydrogen-bond acceptors (Lipinski definition) is 4. The maximum Gasteiger partial charge on any atom is 0.158 e. The highest BCUT2D eigenvalue weighted by Crippen LogP contribution is 2.57. The van der Waals surface area contributed by atoms with Crippen molar-refractivity contribution < 1.29 is 13.3 Å². The van der Waals surface area contributed by atoms with Crippen LogP contribution in [0.5, 0.6) is 0 Å². The smallest absolute Gasteiger partial charge is 0.158 e. The predicted octanol–water partition coefficient (Wildman–Crippen LogP) is 1.69. The van der Waals surface area contributed by atoms with E-state index in [1.54, 1.807) is 0 Å². The van der Waals surface area contributed by atoms with E-state index in [0.717, 1.165) is 12.8 Å². The Morgan fingerprint density at radius 1 is 1.27 bits per heavy atom. The SMILES string of the molecule is O=S1(=O)CCN2OC[C@H]1[C@@]21[C@@H]2C=CC[C@H]1c1ccccc1C2. The topological polar surface area (TPSA) is 46.6 Å². The van der Waals surface area contributed by atoms with Crippen molar-refractivity contribution in [1.82, 2.24) is 5.06 Å². The lowest BCUT2D eigenvalue weighted by Gasteiger charge is -2.56. The number of allylic oxidation sites excluding steroid dienone is 1. The molecule has 1 spiro atoms. The van der Waals surface area contributed by atoms with Crippen LogP contribution in [0.1, 0.15) is 23.5 Å². The van der Waals surface area contributed by atoms with E-state index in [1.807, 2.05) is 5.06 Å². The highest BCUT2D eigenvalue weighted by molar-refractivity contribution is 7.92. The van der Waals surface area contributed by atoms with Crippen LogP contribution in [-0.2, 0) is 21.1 Å². The van der Waals surface area contributed by atoms with E-state index in [4.69, 9.17) is 4.84 Å². The average molecular weight is 317 g/mol. The van der Waals surface area contributed by atoms with Gasteiger partial charge >= 0.3 is 0 Å². The molecular weight excluding hydrogens is 298 g/mol. The van der Waals surface area contributed by atoms with Crippen molar-refractivity contribution in [3.8, 4) is 0 Å². The summed E-state index contributed by atoms with van der Waals surface area (Å²) in [5.74, 6) is 0.670. The number of rotatable bonds is 0. The van der Waals surface area contributed by atoms with Gasteiger partial charge in [-0.1, -0.05) is 36.4 Å². The van der Waals surface area contributed by atoms with Gasteiger partial charge in [0.2, 0.25) is 0 Å². The molecular formula is C17H19NO3S. The lowest BCUT2D eigenvalue weighted by Crippen LogP contribution is -2.67. The molecule has 5 heteroatoms. The lowest BCUT2D eigenvalue weighted by molar-refractivity contribution is -0.181. The molecule has 2 fully saturated rings. The summed E-state index contributed by atoms with van der Waals surface area (Å²) in [4.78, 5) is 5.88. The first kappa shape index (κ1) is 13.3. The largest absolute Gasteiger partial charge is 0.297 e. The summed E-state index contributed by atoms with van der Waals surface area (Å²) < 4.78 is 25.5. The molecule has 5 rings (SSSR count). The quantitative estimate of drug-likeness (QED) is 0.683. The first-order chi connectivity index (χ1) is 10.6. The van der Waals surface area contributed by atoms with Crippen LogP contribution in [0, 0.1) is 5.92 Å². The molecule has 4 aliphatic rings. The van der Waals surface area contributed by atoms with Gasteiger partial charge in [-0.2, -0.15) is 5.06 Å². The minimum absolute atomic E-state index is 0.218. The van der Waals surface area contributed by atoms with E-state index in [2.05, 4.69) is 36.4 Å². The van der Waals surface area contributed by atoms with Crippen molar-refractivity contribution in [3.05, 3.63) is 47.5 Å². The summed E-state index contributed by atoms with van der Waals surface area (Å²) in [5.41, 5.74) is 2.30. The summed E-state index contributed by atoms with van der Waals surface area (Å²) in [6.07, 6.45) is 6.29. The Labute approximate surface area is 130 Å². The van der Waals surface area contributed by atoms with Gasteiger partial charge in [0.1, 0.15) is 5.25 Å². The summed E-state index contributed by atoms with van der Waals surface area (Å²) in [6, 6.07) is 8.52. The van der Waals surface area contributed by atoms with E-state index in [1.165, 1.54) is 11.1 Å². The molecule has 2 saturated heterocycles. The van der Waals surface area contributed by atoms with E-state index in [9.17, 15) is 8.42 Å². The van der Waals surface area contributed by atoms with Crippen LogP contribution in [0.4, 0.5) is 0 Å². The minimum atomic E-state index is -3.09. The molecule has 2 aliphatic carbocycles. The number of nitrogens with zero attached hydrogens (tertiary/aromatic N) is 1. The van der Waals surface area contributed by atoms with Crippen molar-refractivity contribution in [2.24, 2.45) is 5.92 Å².